The normalized spacial score (nSPS) is 11.9. The van der Waals surface area contributed by atoms with Crippen LogP contribution in [0.15, 0.2) is 34.7 Å². The van der Waals surface area contributed by atoms with Crippen molar-refractivity contribution in [2.75, 3.05) is 0 Å². The highest BCUT2D eigenvalue weighted by molar-refractivity contribution is 6.30. The average Bonchev–Trinajstić information content (AvgIpc) is 3.11. The van der Waals surface area contributed by atoms with E-state index in [9.17, 15) is 13.2 Å². The van der Waals surface area contributed by atoms with E-state index in [1.165, 1.54) is 4.68 Å². The number of benzene rings is 1. The molecule has 2 heterocycles. The van der Waals surface area contributed by atoms with E-state index in [0.717, 1.165) is 11.6 Å². The smallest absolute Gasteiger partial charge is 0.425 e. The monoisotopic (exact) mass is 370 g/mol. The molecule has 0 atom stereocenters. The Hall–Kier alpha value is -2.35. The van der Waals surface area contributed by atoms with Crippen molar-refractivity contribution in [3.05, 3.63) is 64.1 Å². The first-order chi connectivity index (χ1) is 11.8. The molecule has 0 radical (unpaired) electrons. The van der Waals surface area contributed by atoms with Gasteiger partial charge in [0, 0.05) is 23.7 Å². The van der Waals surface area contributed by atoms with Gasteiger partial charge in [-0.3, -0.25) is 4.68 Å². The maximum Gasteiger partial charge on any atom is 0.435 e. The van der Waals surface area contributed by atoms with E-state index in [1.807, 2.05) is 12.1 Å². The van der Waals surface area contributed by atoms with Crippen LogP contribution in [0.4, 0.5) is 13.2 Å². The number of rotatable bonds is 5. The summed E-state index contributed by atoms with van der Waals surface area (Å²) >= 11 is 5.93. The Kier molecular flexibility index (Phi) is 4.80. The summed E-state index contributed by atoms with van der Waals surface area (Å²) in [6, 6.07) is 8.30. The maximum atomic E-state index is 12.7. The van der Waals surface area contributed by atoms with Gasteiger partial charge in [-0.2, -0.15) is 18.3 Å². The molecule has 0 saturated heterocycles. The third kappa shape index (κ3) is 4.39. The van der Waals surface area contributed by atoms with Crippen LogP contribution in [0.1, 0.15) is 28.7 Å². The zero-order valence-electron chi connectivity index (χ0n) is 13.2. The van der Waals surface area contributed by atoms with Crippen molar-refractivity contribution in [1.82, 2.24) is 20.0 Å². The van der Waals surface area contributed by atoms with Gasteiger partial charge < -0.3 is 4.42 Å². The first kappa shape index (κ1) is 17.5. The summed E-state index contributed by atoms with van der Waals surface area (Å²) in [6.45, 7) is 1.79. The van der Waals surface area contributed by atoms with Crippen molar-refractivity contribution in [2.24, 2.45) is 0 Å². The number of nitrogens with zero attached hydrogens (tertiary/aromatic N) is 4. The van der Waals surface area contributed by atoms with E-state index in [2.05, 4.69) is 15.3 Å². The molecule has 0 amide bonds. The van der Waals surface area contributed by atoms with Crippen molar-refractivity contribution in [1.29, 1.82) is 0 Å². The molecule has 0 aliphatic rings. The Morgan fingerprint density at radius 3 is 2.60 bits per heavy atom. The lowest BCUT2D eigenvalue weighted by Gasteiger charge is -2.02. The molecule has 25 heavy (non-hydrogen) atoms. The third-order valence-electron chi connectivity index (χ3n) is 3.56. The Labute approximate surface area is 146 Å². The molecule has 0 N–H and O–H groups in total. The minimum absolute atomic E-state index is 0.223. The van der Waals surface area contributed by atoms with Gasteiger partial charge in [-0.15, -0.1) is 10.2 Å². The van der Waals surface area contributed by atoms with Gasteiger partial charge in [0.1, 0.15) is 0 Å². The fourth-order valence-corrected chi connectivity index (χ4v) is 2.57. The Morgan fingerprint density at radius 2 is 1.92 bits per heavy atom. The number of hydrogen-bond donors (Lipinski definition) is 0. The molecule has 3 aromatic rings. The Balaban J connectivity index is 1.63. The molecule has 0 aliphatic heterocycles. The van der Waals surface area contributed by atoms with Crippen LogP contribution in [0.2, 0.25) is 5.02 Å². The number of alkyl halides is 3. The molecule has 0 aliphatic carbocycles. The molecule has 9 heteroatoms. The van der Waals surface area contributed by atoms with E-state index in [4.69, 9.17) is 16.0 Å². The first-order valence-electron chi connectivity index (χ1n) is 7.48. The van der Waals surface area contributed by atoms with Gasteiger partial charge in [0.15, 0.2) is 5.69 Å². The van der Waals surface area contributed by atoms with Crippen molar-refractivity contribution in [3.63, 3.8) is 0 Å². The van der Waals surface area contributed by atoms with Gasteiger partial charge >= 0.3 is 6.18 Å². The van der Waals surface area contributed by atoms with Crippen LogP contribution in [-0.2, 0) is 25.6 Å². The molecule has 1 aromatic carbocycles. The summed E-state index contributed by atoms with van der Waals surface area (Å²) in [7, 11) is 0. The Bertz CT molecular complexity index is 872. The van der Waals surface area contributed by atoms with E-state index in [1.54, 1.807) is 19.1 Å². The van der Waals surface area contributed by atoms with Crippen LogP contribution in [-0.4, -0.2) is 20.0 Å². The third-order valence-corrected chi connectivity index (χ3v) is 3.80. The molecular formula is C16H14ClF3N4O. The maximum absolute atomic E-state index is 12.7. The summed E-state index contributed by atoms with van der Waals surface area (Å²) in [4.78, 5) is 0. The van der Waals surface area contributed by atoms with E-state index >= 15 is 0 Å². The SMILES string of the molecule is Cc1cc(C(F)(F)F)nn1CCc1nnc(Cc2cccc(Cl)c2)o1. The predicted molar refractivity (Wildman–Crippen MR) is 84.2 cm³/mol. The summed E-state index contributed by atoms with van der Waals surface area (Å²) in [5.41, 5.74) is 0.448. The molecule has 3 rings (SSSR count). The van der Waals surface area contributed by atoms with Crippen molar-refractivity contribution in [3.8, 4) is 0 Å². The quantitative estimate of drug-likeness (QED) is 0.679. The summed E-state index contributed by atoms with van der Waals surface area (Å²) in [6.07, 6.45) is -3.72. The molecule has 0 unspecified atom stereocenters. The molecular weight excluding hydrogens is 357 g/mol. The molecule has 132 valence electrons. The molecule has 0 fully saturated rings. The predicted octanol–water partition coefficient (Wildman–Crippen LogP) is 4.08. The minimum atomic E-state index is -4.45. The molecule has 5 nitrogen and oxygen atoms in total. The molecule has 0 saturated carbocycles. The Morgan fingerprint density at radius 1 is 1.16 bits per heavy atom. The van der Waals surface area contributed by atoms with Crippen LogP contribution in [0.25, 0.3) is 0 Å². The topological polar surface area (TPSA) is 56.7 Å². The van der Waals surface area contributed by atoms with E-state index in [-0.39, 0.29) is 6.54 Å². The van der Waals surface area contributed by atoms with Crippen LogP contribution in [0.5, 0.6) is 0 Å². The van der Waals surface area contributed by atoms with Crippen molar-refractivity contribution < 1.29 is 17.6 Å². The average molecular weight is 371 g/mol. The van der Waals surface area contributed by atoms with Crippen LogP contribution in [0.3, 0.4) is 0 Å². The molecule has 0 spiro atoms. The van der Waals surface area contributed by atoms with Gasteiger partial charge in [-0.1, -0.05) is 23.7 Å². The van der Waals surface area contributed by atoms with Gasteiger partial charge in [-0.05, 0) is 30.7 Å². The van der Waals surface area contributed by atoms with Crippen molar-refractivity contribution >= 4 is 11.6 Å². The minimum Gasteiger partial charge on any atom is -0.425 e. The largest absolute Gasteiger partial charge is 0.435 e. The summed E-state index contributed by atoms with van der Waals surface area (Å²) in [5.74, 6) is 0.769. The van der Waals surface area contributed by atoms with E-state index < -0.39 is 11.9 Å². The molecule has 2 aromatic heterocycles. The number of hydrogen-bond acceptors (Lipinski definition) is 4. The van der Waals surface area contributed by atoms with Crippen LogP contribution < -0.4 is 0 Å². The number of aromatic nitrogens is 4. The van der Waals surface area contributed by atoms with E-state index in [0.29, 0.717) is 35.3 Å². The van der Waals surface area contributed by atoms with Gasteiger partial charge in [0.2, 0.25) is 11.8 Å². The second-order valence-corrected chi connectivity index (χ2v) is 5.97. The van der Waals surface area contributed by atoms with Gasteiger partial charge in [0.05, 0.1) is 6.42 Å². The molecule has 0 bridgehead atoms. The highest BCUT2D eigenvalue weighted by Gasteiger charge is 2.34. The fraction of sp³-hybridized carbons (Fsp3) is 0.312. The fourth-order valence-electron chi connectivity index (χ4n) is 2.36. The second kappa shape index (κ2) is 6.87. The van der Waals surface area contributed by atoms with Crippen LogP contribution in [0, 0.1) is 6.92 Å². The van der Waals surface area contributed by atoms with Crippen LogP contribution >= 0.6 is 11.6 Å². The zero-order chi connectivity index (χ0) is 18.0. The zero-order valence-corrected chi connectivity index (χ0v) is 14.0. The lowest BCUT2D eigenvalue weighted by molar-refractivity contribution is -0.141. The summed E-state index contributed by atoms with van der Waals surface area (Å²) < 4.78 is 44.8. The summed E-state index contributed by atoms with van der Waals surface area (Å²) in [5, 5.41) is 12.1. The second-order valence-electron chi connectivity index (χ2n) is 5.54. The van der Waals surface area contributed by atoms with Crippen molar-refractivity contribution in [2.45, 2.75) is 32.5 Å². The van der Waals surface area contributed by atoms with Gasteiger partial charge in [-0.25, -0.2) is 0 Å². The first-order valence-corrected chi connectivity index (χ1v) is 7.86. The lowest BCUT2D eigenvalue weighted by atomic mass is 10.1. The highest BCUT2D eigenvalue weighted by Crippen LogP contribution is 2.28. The highest BCUT2D eigenvalue weighted by atomic mass is 35.5. The van der Waals surface area contributed by atoms with Gasteiger partial charge in [0.25, 0.3) is 0 Å². The lowest BCUT2D eigenvalue weighted by Crippen LogP contribution is -2.09. The number of halogens is 4. The number of aryl methyl sites for hydroxylation is 3. The standard InChI is InChI=1S/C16H14ClF3N4O/c1-10-7-13(16(18,19)20)23-24(10)6-5-14-21-22-15(25-14)9-11-3-2-4-12(17)8-11/h2-4,7-8H,5-6,9H2,1H3.